The van der Waals surface area contributed by atoms with Gasteiger partial charge in [0.05, 0.1) is 18.6 Å². The monoisotopic (exact) mass is 593 g/mol. The minimum absolute atomic E-state index is 0.0292. The SMILES string of the molecule is CS(=O)(=O)NC1CCC(Cc2ccc(F)c(-c3cccc(F)c3OCc3ccccc3)c2)(c2nccc(CO)n2)CC1. The number of halogens is 2. The Kier molecular flexibility index (Phi) is 8.96. The summed E-state index contributed by atoms with van der Waals surface area (Å²) < 4.78 is 62.6. The first kappa shape index (κ1) is 29.8. The molecule has 4 aromatic rings. The van der Waals surface area contributed by atoms with Gasteiger partial charge in [0, 0.05) is 28.8 Å². The fraction of sp³-hybridized carbons (Fsp3) is 0.312. The molecule has 1 fully saturated rings. The zero-order valence-corrected chi connectivity index (χ0v) is 24.1. The van der Waals surface area contributed by atoms with E-state index in [0.29, 0.717) is 49.2 Å². The van der Waals surface area contributed by atoms with Crippen LogP contribution in [-0.2, 0) is 35.1 Å². The summed E-state index contributed by atoms with van der Waals surface area (Å²) in [4.78, 5) is 9.17. The maximum atomic E-state index is 15.3. The number of benzene rings is 3. The lowest BCUT2D eigenvalue weighted by Crippen LogP contribution is -2.43. The fourth-order valence-electron chi connectivity index (χ4n) is 5.69. The van der Waals surface area contributed by atoms with Crippen LogP contribution >= 0.6 is 0 Å². The van der Waals surface area contributed by atoms with Crippen molar-refractivity contribution in [2.45, 2.75) is 56.8 Å². The first-order chi connectivity index (χ1) is 20.2. The maximum Gasteiger partial charge on any atom is 0.208 e. The van der Waals surface area contributed by atoms with Crippen LogP contribution in [0.1, 0.15) is 48.3 Å². The molecule has 0 radical (unpaired) electrons. The molecule has 7 nitrogen and oxygen atoms in total. The first-order valence-corrected chi connectivity index (χ1v) is 15.7. The number of nitrogens with one attached hydrogen (secondary N) is 1. The third-order valence-corrected chi connectivity index (χ3v) is 8.49. The van der Waals surface area contributed by atoms with Crippen LogP contribution in [0.2, 0.25) is 0 Å². The van der Waals surface area contributed by atoms with Crippen LogP contribution in [0.15, 0.2) is 79.0 Å². The van der Waals surface area contributed by atoms with Crippen LogP contribution in [0.3, 0.4) is 0 Å². The van der Waals surface area contributed by atoms with Crippen molar-refractivity contribution in [1.82, 2.24) is 14.7 Å². The normalized spacial score (nSPS) is 19.0. The van der Waals surface area contributed by atoms with Crippen molar-refractivity contribution in [3.05, 3.63) is 113 Å². The molecule has 42 heavy (non-hydrogen) atoms. The van der Waals surface area contributed by atoms with E-state index in [4.69, 9.17) is 4.74 Å². The lowest BCUT2D eigenvalue weighted by atomic mass is 9.68. The second kappa shape index (κ2) is 12.6. The molecular weight excluding hydrogens is 560 g/mol. The van der Waals surface area contributed by atoms with E-state index in [9.17, 15) is 13.5 Å². The van der Waals surface area contributed by atoms with Crippen molar-refractivity contribution < 1.29 is 27.0 Å². The van der Waals surface area contributed by atoms with Crippen molar-refractivity contribution in [3.8, 4) is 16.9 Å². The third kappa shape index (κ3) is 7.00. The Morgan fingerprint density at radius 3 is 2.43 bits per heavy atom. The molecule has 2 N–H and O–H groups in total. The number of aliphatic hydroxyl groups excluding tert-OH is 1. The lowest BCUT2D eigenvalue weighted by Gasteiger charge is -2.39. The van der Waals surface area contributed by atoms with Gasteiger partial charge in [0.2, 0.25) is 10.0 Å². The van der Waals surface area contributed by atoms with Crippen LogP contribution in [0.4, 0.5) is 8.78 Å². The van der Waals surface area contributed by atoms with E-state index in [-0.39, 0.29) is 30.6 Å². The Hall–Kier alpha value is -3.73. The van der Waals surface area contributed by atoms with Crippen molar-refractivity contribution >= 4 is 10.0 Å². The molecule has 1 heterocycles. The van der Waals surface area contributed by atoms with E-state index in [2.05, 4.69) is 14.7 Å². The molecule has 3 aromatic carbocycles. The minimum atomic E-state index is -3.36. The van der Waals surface area contributed by atoms with E-state index >= 15 is 8.78 Å². The second-order valence-electron chi connectivity index (χ2n) is 10.9. The van der Waals surface area contributed by atoms with Gasteiger partial charge in [0.25, 0.3) is 0 Å². The number of aliphatic hydroxyl groups is 1. The number of hydrogen-bond donors (Lipinski definition) is 2. The lowest BCUT2D eigenvalue weighted by molar-refractivity contribution is 0.241. The predicted octanol–water partition coefficient (Wildman–Crippen LogP) is 5.47. The highest BCUT2D eigenvalue weighted by Crippen LogP contribution is 2.42. The van der Waals surface area contributed by atoms with Gasteiger partial charge in [0.15, 0.2) is 11.6 Å². The number of para-hydroxylation sites is 1. The molecular formula is C32H33F2N3O4S. The molecule has 0 saturated heterocycles. The van der Waals surface area contributed by atoms with Crippen LogP contribution in [0.5, 0.6) is 5.75 Å². The molecule has 0 bridgehead atoms. The summed E-state index contributed by atoms with van der Waals surface area (Å²) in [6.07, 6.45) is 5.48. The molecule has 1 aromatic heterocycles. The van der Waals surface area contributed by atoms with Crippen LogP contribution in [-0.4, -0.2) is 35.8 Å². The van der Waals surface area contributed by atoms with Crippen molar-refractivity contribution in [1.29, 1.82) is 0 Å². The number of ether oxygens (including phenoxy) is 1. The molecule has 0 aliphatic heterocycles. The number of nitrogens with zero attached hydrogens (tertiary/aromatic N) is 2. The standard InChI is InChI=1S/C32H33F2N3O4S/c1-42(39,40)37-24-12-15-32(16-13-24,31-35-17-14-25(20-38)36-31)19-23-10-11-28(33)27(18-23)26-8-5-9-29(34)30(26)41-21-22-6-3-2-4-7-22/h2-11,14,17-18,24,37-38H,12-13,15-16,19-21H2,1H3. The fourth-order valence-corrected chi connectivity index (χ4v) is 6.53. The first-order valence-electron chi connectivity index (χ1n) is 13.8. The molecule has 1 aliphatic rings. The summed E-state index contributed by atoms with van der Waals surface area (Å²) in [5, 5.41) is 9.71. The maximum absolute atomic E-state index is 15.3. The topological polar surface area (TPSA) is 101 Å². The van der Waals surface area contributed by atoms with Gasteiger partial charge in [-0.2, -0.15) is 0 Å². The molecule has 1 saturated carbocycles. The Bertz CT molecular complexity index is 1640. The highest BCUT2D eigenvalue weighted by atomic mass is 32.2. The van der Waals surface area contributed by atoms with Crippen LogP contribution in [0, 0.1) is 11.6 Å². The van der Waals surface area contributed by atoms with Gasteiger partial charge in [-0.25, -0.2) is 31.9 Å². The molecule has 0 atom stereocenters. The number of hydrogen-bond acceptors (Lipinski definition) is 6. The van der Waals surface area contributed by atoms with Gasteiger partial charge < -0.3 is 9.84 Å². The molecule has 5 rings (SSSR count). The summed E-state index contributed by atoms with van der Waals surface area (Å²) in [5.41, 5.74) is 2.06. The molecule has 0 unspecified atom stereocenters. The summed E-state index contributed by atoms with van der Waals surface area (Å²) in [7, 11) is -3.36. The summed E-state index contributed by atoms with van der Waals surface area (Å²) in [5.74, 6) is -0.577. The van der Waals surface area contributed by atoms with E-state index < -0.39 is 27.1 Å². The Balaban J connectivity index is 1.48. The average Bonchev–Trinajstić information content (AvgIpc) is 2.98. The largest absolute Gasteiger partial charge is 0.485 e. The number of rotatable bonds is 10. The van der Waals surface area contributed by atoms with Gasteiger partial charge in [-0.1, -0.05) is 48.5 Å². The zero-order chi connectivity index (χ0) is 29.7. The highest BCUT2D eigenvalue weighted by Gasteiger charge is 2.40. The zero-order valence-electron chi connectivity index (χ0n) is 23.3. The van der Waals surface area contributed by atoms with Gasteiger partial charge in [-0.15, -0.1) is 0 Å². The second-order valence-corrected chi connectivity index (χ2v) is 12.6. The van der Waals surface area contributed by atoms with E-state index in [1.807, 2.05) is 30.3 Å². The number of aromatic nitrogens is 2. The third-order valence-electron chi connectivity index (χ3n) is 7.73. The average molecular weight is 594 g/mol. The minimum Gasteiger partial charge on any atom is -0.485 e. The molecule has 0 spiro atoms. The molecule has 1 aliphatic carbocycles. The van der Waals surface area contributed by atoms with Gasteiger partial charge in [-0.05, 0) is 67.5 Å². The van der Waals surface area contributed by atoms with Crippen molar-refractivity contribution in [3.63, 3.8) is 0 Å². The molecule has 10 heteroatoms. The summed E-state index contributed by atoms with van der Waals surface area (Å²) in [6, 6.07) is 20.0. The Morgan fingerprint density at radius 2 is 1.71 bits per heavy atom. The van der Waals surface area contributed by atoms with Gasteiger partial charge >= 0.3 is 0 Å². The summed E-state index contributed by atoms with van der Waals surface area (Å²) >= 11 is 0. The quantitative estimate of drug-likeness (QED) is 0.253. The highest BCUT2D eigenvalue weighted by molar-refractivity contribution is 7.88. The van der Waals surface area contributed by atoms with Crippen molar-refractivity contribution in [2.24, 2.45) is 0 Å². The predicted molar refractivity (Wildman–Crippen MR) is 156 cm³/mol. The van der Waals surface area contributed by atoms with Crippen LogP contribution < -0.4 is 9.46 Å². The number of sulfonamides is 1. The molecule has 0 amide bonds. The van der Waals surface area contributed by atoms with Gasteiger partial charge in [0.1, 0.15) is 18.2 Å². The Labute approximate surface area is 244 Å². The van der Waals surface area contributed by atoms with Crippen molar-refractivity contribution in [2.75, 3.05) is 6.26 Å². The smallest absolute Gasteiger partial charge is 0.208 e. The van der Waals surface area contributed by atoms with E-state index in [1.54, 1.807) is 30.5 Å². The van der Waals surface area contributed by atoms with E-state index in [0.717, 1.165) is 17.4 Å². The van der Waals surface area contributed by atoms with Gasteiger partial charge in [-0.3, -0.25) is 0 Å². The Morgan fingerprint density at radius 1 is 0.952 bits per heavy atom. The van der Waals surface area contributed by atoms with E-state index in [1.165, 1.54) is 18.2 Å². The van der Waals surface area contributed by atoms with Crippen LogP contribution in [0.25, 0.3) is 11.1 Å². The summed E-state index contributed by atoms with van der Waals surface area (Å²) in [6.45, 7) is -0.115. The molecule has 220 valence electrons.